The van der Waals surface area contributed by atoms with Crippen molar-refractivity contribution in [2.75, 3.05) is 32.7 Å². The average Bonchev–Trinajstić information content (AvgIpc) is 2.84. The Hall–Kier alpha value is -3.25. The Morgan fingerprint density at radius 2 is 1.64 bits per heavy atom. The predicted octanol–water partition coefficient (Wildman–Crippen LogP) is 4.24. The van der Waals surface area contributed by atoms with Crippen molar-refractivity contribution >= 4 is 6.09 Å². The molecular formula is C27H32N4O2. The van der Waals surface area contributed by atoms with E-state index in [2.05, 4.69) is 40.0 Å². The van der Waals surface area contributed by atoms with Crippen LogP contribution in [0.15, 0.2) is 60.9 Å². The number of amides is 1. The third-order valence-electron chi connectivity index (χ3n) is 6.06. The number of benzene rings is 1. The molecule has 33 heavy (non-hydrogen) atoms. The second-order valence-corrected chi connectivity index (χ2v) is 8.74. The van der Waals surface area contributed by atoms with Crippen LogP contribution in [0.1, 0.15) is 28.1 Å². The van der Waals surface area contributed by atoms with Gasteiger partial charge in [0, 0.05) is 62.9 Å². The van der Waals surface area contributed by atoms with E-state index in [4.69, 9.17) is 4.74 Å². The van der Waals surface area contributed by atoms with Gasteiger partial charge < -0.3 is 9.64 Å². The van der Waals surface area contributed by atoms with Crippen LogP contribution in [-0.2, 0) is 19.3 Å². The van der Waals surface area contributed by atoms with Gasteiger partial charge in [-0.3, -0.25) is 14.9 Å². The molecule has 1 amide bonds. The molecule has 172 valence electrons. The molecule has 0 unspecified atom stereocenters. The molecule has 1 aliphatic heterocycles. The minimum absolute atomic E-state index is 0.272. The number of carbonyl (C=O) groups excluding carboxylic acids is 1. The van der Waals surface area contributed by atoms with Gasteiger partial charge in [-0.2, -0.15) is 0 Å². The van der Waals surface area contributed by atoms with E-state index >= 15 is 0 Å². The molecule has 4 rings (SSSR count). The lowest BCUT2D eigenvalue weighted by Gasteiger charge is -2.33. The van der Waals surface area contributed by atoms with Crippen LogP contribution >= 0.6 is 0 Å². The summed E-state index contributed by atoms with van der Waals surface area (Å²) in [6.07, 6.45) is 6.23. The predicted molar refractivity (Wildman–Crippen MR) is 130 cm³/mol. The van der Waals surface area contributed by atoms with Crippen LogP contribution in [0, 0.1) is 13.8 Å². The summed E-state index contributed by atoms with van der Waals surface area (Å²) >= 11 is 0. The zero-order valence-electron chi connectivity index (χ0n) is 19.5. The fourth-order valence-corrected chi connectivity index (χ4v) is 3.97. The molecule has 6 heteroatoms. The number of aryl methyl sites for hydroxylation is 4. The number of aromatic nitrogens is 2. The van der Waals surface area contributed by atoms with Crippen LogP contribution < -0.4 is 4.74 Å². The largest absolute Gasteiger partial charge is 0.415 e. The minimum Gasteiger partial charge on any atom is -0.410 e. The highest BCUT2D eigenvalue weighted by Crippen LogP contribution is 2.16. The first kappa shape index (κ1) is 22.9. The van der Waals surface area contributed by atoms with Crippen molar-refractivity contribution in [1.82, 2.24) is 19.8 Å². The van der Waals surface area contributed by atoms with Crippen molar-refractivity contribution in [1.29, 1.82) is 0 Å². The number of pyridine rings is 2. The Balaban J connectivity index is 1.19. The second-order valence-electron chi connectivity index (χ2n) is 8.74. The summed E-state index contributed by atoms with van der Waals surface area (Å²) in [4.78, 5) is 25.6. The highest BCUT2D eigenvalue weighted by Gasteiger charge is 2.22. The van der Waals surface area contributed by atoms with Crippen molar-refractivity contribution in [2.45, 2.75) is 33.1 Å². The Kier molecular flexibility index (Phi) is 7.68. The van der Waals surface area contributed by atoms with Crippen molar-refractivity contribution in [3.8, 4) is 5.75 Å². The summed E-state index contributed by atoms with van der Waals surface area (Å²) in [6.45, 7) is 8.16. The molecule has 1 aliphatic rings. The number of ether oxygens (including phenoxy) is 1. The number of nitrogens with zero attached hydrogens (tertiary/aromatic N) is 4. The Bertz CT molecular complexity index is 1040. The summed E-state index contributed by atoms with van der Waals surface area (Å²) in [5, 5.41) is 0. The van der Waals surface area contributed by atoms with Crippen LogP contribution in [0.25, 0.3) is 0 Å². The van der Waals surface area contributed by atoms with Crippen LogP contribution in [0.5, 0.6) is 5.75 Å². The smallest absolute Gasteiger partial charge is 0.410 e. The van der Waals surface area contributed by atoms with Crippen LogP contribution in [-0.4, -0.2) is 58.6 Å². The van der Waals surface area contributed by atoms with E-state index in [1.165, 1.54) is 16.7 Å². The fourth-order valence-electron chi connectivity index (χ4n) is 3.97. The molecule has 0 saturated carbocycles. The lowest BCUT2D eigenvalue weighted by atomic mass is 10.1. The van der Waals surface area contributed by atoms with Crippen LogP contribution in [0.2, 0.25) is 0 Å². The summed E-state index contributed by atoms with van der Waals surface area (Å²) < 4.78 is 5.61. The lowest BCUT2D eigenvalue weighted by Crippen LogP contribution is -2.49. The maximum absolute atomic E-state index is 12.6. The normalized spacial score (nSPS) is 14.3. The average molecular weight is 445 g/mol. The Morgan fingerprint density at radius 1 is 0.848 bits per heavy atom. The molecule has 0 aliphatic carbocycles. The summed E-state index contributed by atoms with van der Waals surface area (Å²) in [6, 6.07) is 16.1. The minimum atomic E-state index is -0.272. The van der Waals surface area contributed by atoms with E-state index < -0.39 is 0 Å². The van der Waals surface area contributed by atoms with Gasteiger partial charge in [0.25, 0.3) is 0 Å². The van der Waals surface area contributed by atoms with Crippen molar-refractivity contribution in [3.63, 3.8) is 0 Å². The molecule has 3 heterocycles. The highest BCUT2D eigenvalue weighted by molar-refractivity contribution is 5.70. The third kappa shape index (κ3) is 6.86. The molecule has 1 fully saturated rings. The highest BCUT2D eigenvalue weighted by atomic mass is 16.6. The SMILES string of the molecule is Cc1ccc(CCN2CCN(C(=O)Oc3ccc(CCc4cc(C)ccn4)cc3)CC2)nc1. The van der Waals surface area contributed by atoms with E-state index in [0.29, 0.717) is 18.8 Å². The Morgan fingerprint density at radius 3 is 2.33 bits per heavy atom. The molecule has 1 aromatic carbocycles. The van der Waals surface area contributed by atoms with Gasteiger partial charge in [-0.1, -0.05) is 18.2 Å². The first-order chi connectivity index (χ1) is 16.0. The van der Waals surface area contributed by atoms with Crippen LogP contribution in [0.3, 0.4) is 0 Å². The summed E-state index contributed by atoms with van der Waals surface area (Å²) in [5.74, 6) is 0.588. The van der Waals surface area contributed by atoms with Gasteiger partial charge in [0.05, 0.1) is 0 Å². The molecule has 0 atom stereocenters. The van der Waals surface area contributed by atoms with E-state index in [1.807, 2.05) is 49.6 Å². The van der Waals surface area contributed by atoms with Gasteiger partial charge in [-0.25, -0.2) is 4.79 Å². The summed E-state index contributed by atoms with van der Waals surface area (Å²) in [5.41, 5.74) is 5.82. The van der Waals surface area contributed by atoms with E-state index in [1.54, 1.807) is 4.90 Å². The molecule has 0 spiro atoms. The second kappa shape index (κ2) is 11.1. The lowest BCUT2D eigenvalue weighted by molar-refractivity contribution is 0.111. The number of piperazine rings is 1. The van der Waals surface area contributed by atoms with Crippen LogP contribution in [0.4, 0.5) is 4.79 Å². The standard InChI is InChI=1S/C27H32N4O2/c1-21-11-13-28-25(19-21)8-4-23-5-9-26(10-6-23)33-27(32)31-17-15-30(16-18-31)14-12-24-7-3-22(2)20-29-24/h3,5-7,9-11,13,19-20H,4,8,12,14-18H2,1-2H3. The van der Waals surface area contributed by atoms with E-state index in [9.17, 15) is 4.79 Å². The number of rotatable bonds is 7. The number of carbonyl (C=O) groups is 1. The van der Waals surface area contributed by atoms with Gasteiger partial charge in [0.15, 0.2) is 0 Å². The van der Waals surface area contributed by atoms with Gasteiger partial charge in [-0.05, 0) is 73.7 Å². The molecule has 1 saturated heterocycles. The zero-order chi connectivity index (χ0) is 23.0. The molecule has 6 nitrogen and oxygen atoms in total. The van der Waals surface area contributed by atoms with Gasteiger partial charge >= 0.3 is 6.09 Å². The molecule has 0 N–H and O–H groups in total. The monoisotopic (exact) mass is 444 g/mol. The molecule has 2 aromatic heterocycles. The van der Waals surface area contributed by atoms with Crippen molar-refractivity contribution < 1.29 is 9.53 Å². The maximum atomic E-state index is 12.6. The molecule has 0 bridgehead atoms. The number of hydrogen-bond acceptors (Lipinski definition) is 5. The van der Waals surface area contributed by atoms with E-state index in [-0.39, 0.29) is 6.09 Å². The van der Waals surface area contributed by atoms with Gasteiger partial charge in [-0.15, -0.1) is 0 Å². The topological polar surface area (TPSA) is 58.6 Å². The third-order valence-corrected chi connectivity index (χ3v) is 6.06. The number of hydrogen-bond donors (Lipinski definition) is 0. The molecule has 3 aromatic rings. The molecular weight excluding hydrogens is 412 g/mol. The van der Waals surface area contributed by atoms with Crippen molar-refractivity contribution in [2.24, 2.45) is 0 Å². The van der Waals surface area contributed by atoms with Gasteiger partial charge in [0.1, 0.15) is 5.75 Å². The zero-order valence-corrected chi connectivity index (χ0v) is 19.5. The molecule has 0 radical (unpaired) electrons. The Labute approximate surface area is 196 Å². The van der Waals surface area contributed by atoms with Crippen molar-refractivity contribution in [3.05, 3.63) is 89.0 Å². The first-order valence-corrected chi connectivity index (χ1v) is 11.7. The summed E-state index contributed by atoms with van der Waals surface area (Å²) in [7, 11) is 0. The maximum Gasteiger partial charge on any atom is 0.415 e. The van der Waals surface area contributed by atoms with E-state index in [0.717, 1.165) is 50.3 Å². The fraction of sp³-hybridized carbons (Fsp3) is 0.370. The quantitative estimate of drug-likeness (QED) is 0.546. The first-order valence-electron chi connectivity index (χ1n) is 11.7. The van der Waals surface area contributed by atoms with Gasteiger partial charge in [0.2, 0.25) is 0 Å².